The van der Waals surface area contributed by atoms with Crippen molar-refractivity contribution in [2.75, 3.05) is 7.11 Å². The minimum Gasteiger partial charge on any atom is -0.497 e. The predicted octanol–water partition coefficient (Wildman–Crippen LogP) is 4.83. The SMILES string of the molecule is COc1ccc(Oc2ccc(Br)cc2C=O)c(Br)c1. The van der Waals surface area contributed by atoms with Crippen molar-refractivity contribution in [2.45, 2.75) is 0 Å². The molecule has 19 heavy (non-hydrogen) atoms. The van der Waals surface area contributed by atoms with Crippen LogP contribution >= 0.6 is 31.9 Å². The molecule has 0 atom stereocenters. The molecule has 0 saturated carbocycles. The lowest BCUT2D eigenvalue weighted by Crippen LogP contribution is -1.92. The molecule has 0 radical (unpaired) electrons. The first-order valence-electron chi connectivity index (χ1n) is 5.40. The zero-order valence-electron chi connectivity index (χ0n) is 10.0. The normalized spacial score (nSPS) is 10.1. The molecule has 0 aliphatic carbocycles. The van der Waals surface area contributed by atoms with Gasteiger partial charge in [-0.3, -0.25) is 4.79 Å². The molecule has 0 bridgehead atoms. The molecule has 0 saturated heterocycles. The van der Waals surface area contributed by atoms with Crippen LogP contribution in [0.3, 0.4) is 0 Å². The van der Waals surface area contributed by atoms with E-state index < -0.39 is 0 Å². The molecule has 0 amide bonds. The van der Waals surface area contributed by atoms with Gasteiger partial charge in [0.25, 0.3) is 0 Å². The summed E-state index contributed by atoms with van der Waals surface area (Å²) in [5.41, 5.74) is 0.483. The first-order valence-corrected chi connectivity index (χ1v) is 6.99. The maximum absolute atomic E-state index is 11.0. The first-order chi connectivity index (χ1) is 9.13. The van der Waals surface area contributed by atoms with Gasteiger partial charge in [-0.15, -0.1) is 0 Å². The summed E-state index contributed by atoms with van der Waals surface area (Å²) in [6, 6.07) is 10.6. The Kier molecular flexibility index (Phi) is 4.61. The van der Waals surface area contributed by atoms with Crippen molar-refractivity contribution >= 4 is 38.1 Å². The van der Waals surface area contributed by atoms with Crippen molar-refractivity contribution in [3.05, 3.63) is 50.9 Å². The molecule has 98 valence electrons. The number of hydrogen-bond donors (Lipinski definition) is 0. The third-order valence-corrected chi connectivity index (χ3v) is 3.57. The molecule has 2 aromatic rings. The minimum atomic E-state index is 0.483. The molecule has 5 heteroatoms. The second-order valence-corrected chi connectivity index (χ2v) is 5.47. The zero-order chi connectivity index (χ0) is 13.8. The highest BCUT2D eigenvalue weighted by Gasteiger charge is 2.08. The summed E-state index contributed by atoms with van der Waals surface area (Å²) in [4.78, 5) is 11.0. The number of hydrogen-bond acceptors (Lipinski definition) is 3. The van der Waals surface area contributed by atoms with Crippen molar-refractivity contribution in [2.24, 2.45) is 0 Å². The van der Waals surface area contributed by atoms with Crippen molar-refractivity contribution in [3.63, 3.8) is 0 Å². The van der Waals surface area contributed by atoms with Crippen LogP contribution in [0.4, 0.5) is 0 Å². The molecule has 0 spiro atoms. The fourth-order valence-corrected chi connectivity index (χ4v) is 2.33. The van der Waals surface area contributed by atoms with E-state index in [-0.39, 0.29) is 0 Å². The lowest BCUT2D eigenvalue weighted by atomic mass is 10.2. The molecule has 0 N–H and O–H groups in total. The largest absolute Gasteiger partial charge is 0.497 e. The van der Waals surface area contributed by atoms with Crippen LogP contribution in [0.25, 0.3) is 0 Å². The van der Waals surface area contributed by atoms with E-state index in [1.165, 1.54) is 0 Å². The Bertz CT molecular complexity index is 612. The Labute approximate surface area is 127 Å². The maximum atomic E-state index is 11.0. The van der Waals surface area contributed by atoms with Crippen molar-refractivity contribution in [1.82, 2.24) is 0 Å². The van der Waals surface area contributed by atoms with E-state index in [9.17, 15) is 4.79 Å². The lowest BCUT2D eigenvalue weighted by molar-refractivity contribution is 0.112. The van der Waals surface area contributed by atoms with Gasteiger partial charge in [-0.2, -0.15) is 0 Å². The highest BCUT2D eigenvalue weighted by atomic mass is 79.9. The van der Waals surface area contributed by atoms with Gasteiger partial charge in [0.1, 0.15) is 17.2 Å². The van der Waals surface area contributed by atoms with Gasteiger partial charge in [0.2, 0.25) is 0 Å². The van der Waals surface area contributed by atoms with Crippen molar-refractivity contribution < 1.29 is 14.3 Å². The summed E-state index contributed by atoms with van der Waals surface area (Å²) in [5, 5.41) is 0. The predicted molar refractivity (Wildman–Crippen MR) is 80.3 cm³/mol. The average molecular weight is 386 g/mol. The van der Waals surface area contributed by atoms with E-state index in [0.717, 1.165) is 21.0 Å². The number of halogens is 2. The summed E-state index contributed by atoms with van der Waals surface area (Å²) in [6.07, 6.45) is 0.761. The van der Waals surface area contributed by atoms with Gasteiger partial charge in [-0.25, -0.2) is 0 Å². The second kappa shape index (κ2) is 6.21. The van der Waals surface area contributed by atoms with E-state index in [1.807, 2.05) is 6.07 Å². The van der Waals surface area contributed by atoms with Gasteiger partial charge < -0.3 is 9.47 Å². The van der Waals surface area contributed by atoms with Gasteiger partial charge in [0.05, 0.1) is 17.1 Å². The molecule has 0 heterocycles. The van der Waals surface area contributed by atoms with Crippen LogP contribution in [0.1, 0.15) is 10.4 Å². The van der Waals surface area contributed by atoms with E-state index in [4.69, 9.17) is 9.47 Å². The molecule has 0 aromatic heterocycles. The number of carbonyl (C=O) groups excluding carboxylic acids is 1. The summed E-state index contributed by atoms with van der Waals surface area (Å²) in [6.45, 7) is 0. The Hall–Kier alpha value is -1.33. The number of methoxy groups -OCH3 is 1. The Morgan fingerprint density at radius 3 is 2.42 bits per heavy atom. The van der Waals surface area contributed by atoms with Crippen LogP contribution in [0.2, 0.25) is 0 Å². The van der Waals surface area contributed by atoms with E-state index in [1.54, 1.807) is 37.4 Å². The van der Waals surface area contributed by atoms with Crippen LogP contribution in [-0.2, 0) is 0 Å². The van der Waals surface area contributed by atoms with Crippen LogP contribution < -0.4 is 9.47 Å². The van der Waals surface area contributed by atoms with Crippen LogP contribution in [-0.4, -0.2) is 13.4 Å². The van der Waals surface area contributed by atoms with Gasteiger partial charge in [-0.05, 0) is 52.3 Å². The quantitative estimate of drug-likeness (QED) is 0.707. The van der Waals surface area contributed by atoms with Gasteiger partial charge >= 0.3 is 0 Å². The second-order valence-electron chi connectivity index (χ2n) is 3.70. The zero-order valence-corrected chi connectivity index (χ0v) is 13.2. The molecular weight excluding hydrogens is 376 g/mol. The van der Waals surface area contributed by atoms with Gasteiger partial charge in [0.15, 0.2) is 6.29 Å². The highest BCUT2D eigenvalue weighted by Crippen LogP contribution is 2.34. The number of aldehydes is 1. The highest BCUT2D eigenvalue weighted by molar-refractivity contribution is 9.10. The molecule has 0 fully saturated rings. The molecule has 0 aliphatic heterocycles. The number of benzene rings is 2. The summed E-state index contributed by atoms with van der Waals surface area (Å²) in [7, 11) is 1.60. The van der Waals surface area contributed by atoms with Crippen molar-refractivity contribution in [1.29, 1.82) is 0 Å². The summed E-state index contributed by atoms with van der Waals surface area (Å²) < 4.78 is 12.4. The summed E-state index contributed by atoms with van der Waals surface area (Å²) >= 11 is 6.72. The van der Waals surface area contributed by atoms with E-state index in [2.05, 4.69) is 31.9 Å². The Balaban J connectivity index is 2.33. The standard InChI is InChI=1S/C14H10Br2O3/c1-18-11-3-5-14(12(16)7-11)19-13-4-2-10(15)6-9(13)8-17/h2-8H,1H3. The van der Waals surface area contributed by atoms with Gasteiger partial charge in [-0.1, -0.05) is 15.9 Å². The third-order valence-electron chi connectivity index (χ3n) is 2.46. The molecule has 0 aliphatic rings. The third kappa shape index (κ3) is 3.36. The fourth-order valence-electron chi connectivity index (χ4n) is 1.51. The number of rotatable bonds is 4. The minimum absolute atomic E-state index is 0.483. The smallest absolute Gasteiger partial charge is 0.153 e. The monoisotopic (exact) mass is 384 g/mol. The average Bonchev–Trinajstić information content (AvgIpc) is 2.42. The molecule has 0 unspecified atom stereocenters. The number of ether oxygens (including phenoxy) is 2. The first kappa shape index (κ1) is 14.1. The molecular formula is C14H10Br2O3. The maximum Gasteiger partial charge on any atom is 0.153 e. The van der Waals surface area contributed by atoms with Crippen LogP contribution in [0.5, 0.6) is 17.2 Å². The Morgan fingerprint density at radius 1 is 1.05 bits per heavy atom. The van der Waals surface area contributed by atoms with Crippen LogP contribution in [0, 0.1) is 0 Å². The molecule has 2 aromatic carbocycles. The van der Waals surface area contributed by atoms with Crippen LogP contribution in [0.15, 0.2) is 45.3 Å². The lowest BCUT2D eigenvalue weighted by Gasteiger charge is -2.11. The number of carbonyl (C=O) groups is 1. The van der Waals surface area contributed by atoms with E-state index >= 15 is 0 Å². The van der Waals surface area contributed by atoms with Crippen molar-refractivity contribution in [3.8, 4) is 17.2 Å². The molecule has 3 nitrogen and oxygen atoms in total. The Morgan fingerprint density at radius 2 is 1.79 bits per heavy atom. The van der Waals surface area contributed by atoms with E-state index in [0.29, 0.717) is 17.1 Å². The summed E-state index contributed by atoms with van der Waals surface area (Å²) in [5.74, 6) is 1.85. The molecule has 2 rings (SSSR count). The topological polar surface area (TPSA) is 35.5 Å². The fraction of sp³-hybridized carbons (Fsp3) is 0.0714. The van der Waals surface area contributed by atoms with Gasteiger partial charge in [0, 0.05) is 4.47 Å².